The van der Waals surface area contributed by atoms with Crippen LogP contribution in [-0.2, 0) is 11.2 Å². The first-order valence-corrected chi connectivity index (χ1v) is 10.5. The van der Waals surface area contributed by atoms with E-state index in [0.717, 1.165) is 49.7 Å². The molecule has 4 rings (SSSR count). The van der Waals surface area contributed by atoms with E-state index in [1.54, 1.807) is 4.90 Å². The van der Waals surface area contributed by atoms with Crippen molar-refractivity contribution in [3.8, 4) is 0 Å². The Balaban J connectivity index is 1.46. The molecule has 0 aliphatic carbocycles. The molecule has 154 valence electrons. The van der Waals surface area contributed by atoms with Gasteiger partial charge in [0.05, 0.1) is 6.61 Å². The van der Waals surface area contributed by atoms with Crippen molar-refractivity contribution in [3.63, 3.8) is 0 Å². The lowest BCUT2D eigenvalue weighted by Gasteiger charge is -2.32. The van der Waals surface area contributed by atoms with E-state index in [2.05, 4.69) is 34.5 Å². The predicted octanol–water partition coefficient (Wildman–Crippen LogP) is 3.90. The van der Waals surface area contributed by atoms with Gasteiger partial charge < -0.3 is 19.9 Å². The van der Waals surface area contributed by atoms with Crippen molar-refractivity contribution >= 4 is 23.5 Å². The third-order valence-corrected chi connectivity index (χ3v) is 5.57. The Morgan fingerprint density at radius 3 is 2.79 bits per heavy atom. The smallest absolute Gasteiger partial charge is 0.409 e. The molecule has 0 bridgehead atoms. The molecule has 1 saturated heterocycles. The standard InChI is InChI=1S/C22H29N5O2/c1-3-29-22(28)26-13-10-18(11-14-26)24-20-15-16(2)23-21(25-20)27-12-6-8-17-7-4-5-9-19(17)27/h4-5,7,9,15,18H,3,6,8,10-14H2,1-2H3,(H,23,24,25). The molecule has 2 aromatic rings. The van der Waals surface area contributed by atoms with Crippen molar-refractivity contribution < 1.29 is 9.53 Å². The number of carbonyl (C=O) groups is 1. The van der Waals surface area contributed by atoms with Crippen LogP contribution in [-0.4, -0.2) is 53.2 Å². The Labute approximate surface area is 172 Å². The minimum absolute atomic E-state index is 0.213. The van der Waals surface area contributed by atoms with Crippen LogP contribution in [0.3, 0.4) is 0 Å². The number of nitrogens with one attached hydrogen (secondary N) is 1. The zero-order valence-electron chi connectivity index (χ0n) is 17.2. The number of aryl methyl sites for hydroxylation is 2. The van der Waals surface area contributed by atoms with Crippen molar-refractivity contribution in [3.05, 3.63) is 41.6 Å². The van der Waals surface area contributed by atoms with E-state index in [0.29, 0.717) is 19.7 Å². The van der Waals surface area contributed by atoms with Crippen LogP contribution in [0.25, 0.3) is 0 Å². The number of aromatic nitrogens is 2. The normalized spacial score (nSPS) is 17.0. The van der Waals surface area contributed by atoms with Crippen LogP contribution in [0.2, 0.25) is 0 Å². The van der Waals surface area contributed by atoms with E-state index in [9.17, 15) is 4.79 Å². The lowest BCUT2D eigenvalue weighted by Crippen LogP contribution is -2.42. The SMILES string of the molecule is CCOC(=O)N1CCC(Nc2cc(C)nc(N3CCCc4ccccc43)n2)CC1. The molecule has 2 aliphatic heterocycles. The molecule has 0 atom stereocenters. The molecular weight excluding hydrogens is 366 g/mol. The highest BCUT2D eigenvalue weighted by atomic mass is 16.6. The molecule has 3 heterocycles. The van der Waals surface area contributed by atoms with Crippen LogP contribution < -0.4 is 10.2 Å². The van der Waals surface area contributed by atoms with Crippen molar-refractivity contribution in [2.75, 3.05) is 36.5 Å². The highest BCUT2D eigenvalue weighted by molar-refractivity contribution is 5.67. The van der Waals surface area contributed by atoms with E-state index < -0.39 is 0 Å². The average molecular weight is 396 g/mol. The Morgan fingerprint density at radius 2 is 2.00 bits per heavy atom. The Morgan fingerprint density at radius 1 is 1.21 bits per heavy atom. The van der Waals surface area contributed by atoms with E-state index in [1.807, 2.05) is 19.9 Å². The van der Waals surface area contributed by atoms with Crippen LogP contribution in [0.15, 0.2) is 30.3 Å². The second-order valence-electron chi connectivity index (χ2n) is 7.68. The van der Waals surface area contributed by atoms with Crippen LogP contribution in [0.1, 0.15) is 37.4 Å². The van der Waals surface area contributed by atoms with Crippen LogP contribution in [0.5, 0.6) is 0 Å². The summed E-state index contributed by atoms with van der Waals surface area (Å²) in [4.78, 5) is 25.4. The number of likely N-dealkylation sites (tertiary alicyclic amines) is 1. The number of anilines is 3. The van der Waals surface area contributed by atoms with Gasteiger partial charge in [-0.05, 0) is 51.2 Å². The Hall–Kier alpha value is -2.83. The van der Waals surface area contributed by atoms with E-state index in [-0.39, 0.29) is 12.1 Å². The van der Waals surface area contributed by atoms with Crippen LogP contribution in [0.4, 0.5) is 22.2 Å². The molecule has 7 nitrogen and oxygen atoms in total. The molecule has 0 saturated carbocycles. The first-order valence-electron chi connectivity index (χ1n) is 10.5. The van der Waals surface area contributed by atoms with Gasteiger partial charge in [0.1, 0.15) is 5.82 Å². The molecule has 1 aromatic heterocycles. The van der Waals surface area contributed by atoms with Gasteiger partial charge in [0.15, 0.2) is 0 Å². The molecule has 1 aromatic carbocycles. The van der Waals surface area contributed by atoms with Gasteiger partial charge >= 0.3 is 6.09 Å². The van der Waals surface area contributed by atoms with E-state index in [1.165, 1.54) is 11.3 Å². The maximum Gasteiger partial charge on any atom is 0.409 e. The van der Waals surface area contributed by atoms with Crippen molar-refractivity contribution in [2.45, 2.75) is 45.6 Å². The Kier molecular flexibility index (Phi) is 5.83. The number of benzene rings is 1. The first kappa shape index (κ1) is 19.5. The maximum atomic E-state index is 11.9. The summed E-state index contributed by atoms with van der Waals surface area (Å²) in [5, 5.41) is 3.56. The number of nitrogens with zero attached hydrogens (tertiary/aromatic N) is 4. The first-order chi connectivity index (χ1) is 14.1. The maximum absolute atomic E-state index is 11.9. The number of piperidine rings is 1. The minimum atomic E-state index is -0.213. The monoisotopic (exact) mass is 395 g/mol. The summed E-state index contributed by atoms with van der Waals surface area (Å²) >= 11 is 0. The summed E-state index contributed by atoms with van der Waals surface area (Å²) in [5.41, 5.74) is 3.51. The summed E-state index contributed by atoms with van der Waals surface area (Å²) < 4.78 is 5.10. The quantitative estimate of drug-likeness (QED) is 0.847. The molecule has 7 heteroatoms. The lowest BCUT2D eigenvalue weighted by atomic mass is 10.0. The molecule has 2 aliphatic rings. The van der Waals surface area contributed by atoms with Gasteiger partial charge in [0, 0.05) is 43.1 Å². The molecule has 0 spiro atoms. The van der Waals surface area contributed by atoms with Crippen molar-refractivity contribution in [1.29, 1.82) is 0 Å². The highest BCUT2D eigenvalue weighted by Crippen LogP contribution is 2.32. The fourth-order valence-electron chi connectivity index (χ4n) is 4.12. The van der Waals surface area contributed by atoms with Gasteiger partial charge in [0.25, 0.3) is 0 Å². The minimum Gasteiger partial charge on any atom is -0.450 e. The number of hydrogen-bond donors (Lipinski definition) is 1. The molecule has 29 heavy (non-hydrogen) atoms. The zero-order chi connectivity index (χ0) is 20.2. The van der Waals surface area contributed by atoms with E-state index in [4.69, 9.17) is 14.7 Å². The highest BCUT2D eigenvalue weighted by Gasteiger charge is 2.25. The molecule has 1 N–H and O–H groups in total. The number of rotatable bonds is 4. The molecule has 1 fully saturated rings. The summed E-state index contributed by atoms with van der Waals surface area (Å²) in [5.74, 6) is 1.61. The molecule has 0 radical (unpaired) electrons. The summed E-state index contributed by atoms with van der Waals surface area (Å²) in [6, 6.07) is 10.8. The lowest BCUT2D eigenvalue weighted by molar-refractivity contribution is 0.0983. The number of amides is 1. The van der Waals surface area contributed by atoms with Crippen molar-refractivity contribution in [1.82, 2.24) is 14.9 Å². The number of hydrogen-bond acceptors (Lipinski definition) is 6. The van der Waals surface area contributed by atoms with Gasteiger partial charge in [-0.3, -0.25) is 0 Å². The van der Waals surface area contributed by atoms with Crippen LogP contribution in [0, 0.1) is 6.92 Å². The fourth-order valence-corrected chi connectivity index (χ4v) is 4.12. The number of fused-ring (bicyclic) bond motifs is 1. The zero-order valence-corrected chi connectivity index (χ0v) is 17.2. The summed E-state index contributed by atoms with van der Waals surface area (Å²) in [7, 11) is 0. The third-order valence-electron chi connectivity index (χ3n) is 5.57. The van der Waals surface area contributed by atoms with Gasteiger partial charge in [-0.2, -0.15) is 4.98 Å². The van der Waals surface area contributed by atoms with Gasteiger partial charge in [0.2, 0.25) is 5.95 Å². The third kappa shape index (κ3) is 4.44. The molecule has 0 unspecified atom stereocenters. The summed E-state index contributed by atoms with van der Waals surface area (Å²) in [6.07, 6.45) is 3.74. The average Bonchev–Trinajstić information content (AvgIpc) is 2.73. The predicted molar refractivity (Wildman–Crippen MR) is 114 cm³/mol. The second kappa shape index (κ2) is 8.68. The topological polar surface area (TPSA) is 70.6 Å². The van der Waals surface area contributed by atoms with Gasteiger partial charge in [-0.25, -0.2) is 9.78 Å². The Bertz CT molecular complexity index is 864. The number of para-hydroxylation sites is 1. The second-order valence-corrected chi connectivity index (χ2v) is 7.68. The fraction of sp³-hybridized carbons (Fsp3) is 0.500. The molecule has 1 amide bonds. The number of ether oxygens (including phenoxy) is 1. The van der Waals surface area contributed by atoms with Gasteiger partial charge in [-0.15, -0.1) is 0 Å². The molecular formula is C22H29N5O2. The van der Waals surface area contributed by atoms with Crippen LogP contribution >= 0.6 is 0 Å². The van der Waals surface area contributed by atoms with Gasteiger partial charge in [-0.1, -0.05) is 18.2 Å². The number of carbonyl (C=O) groups excluding carboxylic acids is 1. The van der Waals surface area contributed by atoms with E-state index >= 15 is 0 Å². The largest absolute Gasteiger partial charge is 0.450 e. The summed E-state index contributed by atoms with van der Waals surface area (Å²) in [6.45, 7) is 6.59. The van der Waals surface area contributed by atoms with Crippen molar-refractivity contribution in [2.24, 2.45) is 0 Å².